The topological polar surface area (TPSA) is 66.8 Å². The number of fused-ring (bicyclic) bond motifs is 1. The molecule has 0 aromatic rings. The van der Waals surface area contributed by atoms with Crippen molar-refractivity contribution in [1.29, 1.82) is 0 Å². The lowest BCUT2D eigenvalue weighted by atomic mass is 9.89. The lowest BCUT2D eigenvalue weighted by Gasteiger charge is -2.35. The minimum Gasteiger partial charge on any atom is -0.426 e. The number of ether oxygens (including phenoxy) is 1. The van der Waals surface area contributed by atoms with Gasteiger partial charge in [-0.2, -0.15) is 0 Å². The minimum absolute atomic E-state index is 0.0680. The molecule has 1 heterocycles. The van der Waals surface area contributed by atoms with Gasteiger partial charge < -0.3 is 14.9 Å². The van der Waals surface area contributed by atoms with E-state index in [1.165, 1.54) is 0 Å². The van der Waals surface area contributed by atoms with Gasteiger partial charge in [0.25, 0.3) is 5.79 Å². The Morgan fingerprint density at radius 3 is 3.15 bits per heavy atom. The molecule has 2 aliphatic rings. The van der Waals surface area contributed by atoms with Gasteiger partial charge in [0.1, 0.15) is 6.61 Å². The second-order valence-electron chi connectivity index (χ2n) is 3.55. The second kappa shape index (κ2) is 2.82. The van der Waals surface area contributed by atoms with Crippen molar-refractivity contribution < 1.29 is 19.7 Å². The van der Waals surface area contributed by atoms with Crippen molar-refractivity contribution in [3.63, 3.8) is 0 Å². The number of allylic oxidation sites excluding steroid dienone is 1. The molecule has 72 valence electrons. The van der Waals surface area contributed by atoms with E-state index in [1.54, 1.807) is 0 Å². The Morgan fingerprint density at radius 2 is 2.46 bits per heavy atom. The van der Waals surface area contributed by atoms with Crippen molar-refractivity contribution in [3.8, 4) is 0 Å². The molecule has 2 atom stereocenters. The van der Waals surface area contributed by atoms with E-state index in [0.717, 1.165) is 12.8 Å². The van der Waals surface area contributed by atoms with Crippen molar-refractivity contribution in [2.75, 3.05) is 6.61 Å². The molecule has 4 nitrogen and oxygen atoms in total. The fourth-order valence-corrected chi connectivity index (χ4v) is 2.07. The minimum atomic E-state index is -1.74. The molecule has 2 rings (SSSR count). The van der Waals surface area contributed by atoms with Gasteiger partial charge in [0, 0.05) is 5.57 Å². The maximum Gasteiger partial charge on any atom is 0.309 e. The highest BCUT2D eigenvalue weighted by atomic mass is 16.7. The first-order valence-electron chi connectivity index (χ1n) is 4.41. The largest absolute Gasteiger partial charge is 0.426 e. The Hall–Kier alpha value is -0.870. The van der Waals surface area contributed by atoms with Crippen LogP contribution in [0.4, 0.5) is 0 Å². The van der Waals surface area contributed by atoms with Crippen LogP contribution >= 0.6 is 0 Å². The number of rotatable bonds is 1. The predicted molar refractivity (Wildman–Crippen MR) is 43.6 cm³/mol. The molecule has 2 N–H and O–H groups in total. The van der Waals surface area contributed by atoms with E-state index in [0.29, 0.717) is 12.0 Å². The molecular weight excluding hydrogens is 172 g/mol. The molecule has 0 amide bonds. The van der Waals surface area contributed by atoms with Gasteiger partial charge in [-0.3, -0.25) is 4.79 Å². The van der Waals surface area contributed by atoms with Crippen LogP contribution in [0.3, 0.4) is 0 Å². The van der Waals surface area contributed by atoms with Gasteiger partial charge in [-0.1, -0.05) is 6.08 Å². The van der Waals surface area contributed by atoms with E-state index in [2.05, 4.69) is 0 Å². The number of carbonyl (C=O) groups excluding carboxylic acids is 1. The van der Waals surface area contributed by atoms with Crippen molar-refractivity contribution in [2.24, 2.45) is 5.92 Å². The number of hydrogen-bond donors (Lipinski definition) is 2. The van der Waals surface area contributed by atoms with Crippen LogP contribution in [0.25, 0.3) is 0 Å². The Labute approximate surface area is 75.8 Å². The molecule has 0 radical (unpaired) electrons. The summed E-state index contributed by atoms with van der Waals surface area (Å²) in [5.41, 5.74) is 0.676. The van der Waals surface area contributed by atoms with E-state index in [1.807, 2.05) is 6.08 Å². The number of cyclic esters (lactones) is 1. The maximum absolute atomic E-state index is 11.1. The van der Waals surface area contributed by atoms with Gasteiger partial charge in [0.2, 0.25) is 0 Å². The molecular formula is C9H12O4. The quantitative estimate of drug-likeness (QED) is 0.443. The summed E-state index contributed by atoms with van der Waals surface area (Å²) in [5, 5.41) is 18.7. The molecule has 1 fully saturated rings. The Bertz CT molecular complexity index is 271. The first-order chi connectivity index (χ1) is 6.15. The normalized spacial score (nSPS) is 38.2. The average molecular weight is 184 g/mol. The molecule has 1 aliphatic carbocycles. The molecule has 0 spiro atoms. The van der Waals surface area contributed by atoms with Gasteiger partial charge in [-0.15, -0.1) is 0 Å². The maximum atomic E-state index is 11.1. The zero-order valence-corrected chi connectivity index (χ0v) is 7.19. The summed E-state index contributed by atoms with van der Waals surface area (Å²) in [6, 6.07) is 0. The van der Waals surface area contributed by atoms with Crippen molar-refractivity contribution in [1.82, 2.24) is 0 Å². The van der Waals surface area contributed by atoms with E-state index >= 15 is 0 Å². The lowest BCUT2D eigenvalue weighted by molar-refractivity contribution is -0.217. The zero-order valence-electron chi connectivity index (χ0n) is 7.19. The molecule has 1 saturated heterocycles. The van der Waals surface area contributed by atoms with Gasteiger partial charge >= 0.3 is 5.97 Å². The van der Waals surface area contributed by atoms with Crippen LogP contribution in [0.1, 0.15) is 19.3 Å². The summed E-state index contributed by atoms with van der Waals surface area (Å²) in [5.74, 6) is -2.10. The molecule has 0 aromatic heterocycles. The molecule has 0 unspecified atom stereocenters. The summed E-state index contributed by atoms with van der Waals surface area (Å²) in [6.45, 7) is -0.554. The summed E-state index contributed by atoms with van der Waals surface area (Å²) in [4.78, 5) is 11.1. The number of aliphatic hydroxyl groups is 2. The standard InChI is InChI=1S/C9H12O4/c10-5-9(12)7-3-1-2-6(7)4-8(11)13-9/h3,6,10,12H,1-2,4-5H2/t6-,9+/m0/s1. The first-order valence-corrected chi connectivity index (χ1v) is 4.41. The highest BCUT2D eigenvalue weighted by molar-refractivity contribution is 5.73. The Balaban J connectivity index is 2.30. The van der Waals surface area contributed by atoms with Crippen LogP contribution < -0.4 is 0 Å². The van der Waals surface area contributed by atoms with E-state index in [-0.39, 0.29) is 5.92 Å². The van der Waals surface area contributed by atoms with Crippen LogP contribution in [-0.2, 0) is 9.53 Å². The molecule has 13 heavy (non-hydrogen) atoms. The smallest absolute Gasteiger partial charge is 0.309 e. The van der Waals surface area contributed by atoms with Crippen LogP contribution in [0.5, 0.6) is 0 Å². The third-order valence-corrected chi connectivity index (χ3v) is 2.68. The molecule has 1 aliphatic heterocycles. The van der Waals surface area contributed by atoms with Crippen molar-refractivity contribution >= 4 is 5.97 Å². The third kappa shape index (κ3) is 1.26. The number of hydrogen-bond acceptors (Lipinski definition) is 4. The summed E-state index contributed by atoms with van der Waals surface area (Å²) in [7, 11) is 0. The SMILES string of the molecule is O=C1C[C@@H]2CCC=C2[C@@](O)(CO)O1. The van der Waals surface area contributed by atoms with Crippen LogP contribution in [0, 0.1) is 5.92 Å². The zero-order chi connectivity index (χ0) is 9.47. The predicted octanol–water partition coefficient (Wildman–Crippen LogP) is -0.0494. The van der Waals surface area contributed by atoms with Crippen LogP contribution in [0.2, 0.25) is 0 Å². The fraction of sp³-hybridized carbons (Fsp3) is 0.667. The second-order valence-corrected chi connectivity index (χ2v) is 3.55. The van der Waals surface area contributed by atoms with Gasteiger partial charge in [-0.05, 0) is 18.8 Å². The summed E-state index contributed by atoms with van der Waals surface area (Å²) < 4.78 is 4.74. The average Bonchev–Trinajstić information content (AvgIpc) is 2.52. The van der Waals surface area contributed by atoms with E-state index in [9.17, 15) is 9.90 Å². The lowest BCUT2D eigenvalue weighted by Crippen LogP contribution is -2.46. The van der Waals surface area contributed by atoms with Crippen LogP contribution in [0.15, 0.2) is 11.6 Å². The fourth-order valence-electron chi connectivity index (χ4n) is 2.07. The third-order valence-electron chi connectivity index (χ3n) is 2.68. The van der Waals surface area contributed by atoms with E-state index < -0.39 is 18.4 Å². The molecule has 0 bridgehead atoms. The summed E-state index contributed by atoms with van der Waals surface area (Å²) in [6.07, 6.45) is 3.90. The monoisotopic (exact) mass is 184 g/mol. The van der Waals surface area contributed by atoms with E-state index in [4.69, 9.17) is 9.84 Å². The highest BCUT2D eigenvalue weighted by Gasteiger charge is 2.45. The van der Waals surface area contributed by atoms with Gasteiger partial charge in [0.05, 0.1) is 6.42 Å². The Kier molecular flexibility index (Phi) is 1.89. The van der Waals surface area contributed by atoms with Gasteiger partial charge in [-0.25, -0.2) is 0 Å². The van der Waals surface area contributed by atoms with Gasteiger partial charge in [0.15, 0.2) is 0 Å². The molecule has 0 aromatic carbocycles. The van der Waals surface area contributed by atoms with Crippen LogP contribution in [-0.4, -0.2) is 28.6 Å². The van der Waals surface area contributed by atoms with Crippen molar-refractivity contribution in [3.05, 3.63) is 11.6 Å². The first kappa shape index (κ1) is 8.72. The number of aliphatic hydroxyl groups excluding tert-OH is 1. The number of esters is 1. The molecule has 0 saturated carbocycles. The van der Waals surface area contributed by atoms with Crippen molar-refractivity contribution in [2.45, 2.75) is 25.0 Å². The molecule has 4 heteroatoms. The number of carbonyl (C=O) groups is 1. The highest BCUT2D eigenvalue weighted by Crippen LogP contribution is 2.40. The Morgan fingerprint density at radius 1 is 1.69 bits per heavy atom. The summed E-state index contributed by atoms with van der Waals surface area (Å²) >= 11 is 0.